The number of carbonyl (C=O) groups is 1. The van der Waals surface area contributed by atoms with E-state index in [-0.39, 0.29) is 24.7 Å². The predicted molar refractivity (Wildman–Crippen MR) is 73.7 cm³/mol. The van der Waals surface area contributed by atoms with E-state index in [2.05, 4.69) is 5.32 Å². The zero-order valence-corrected chi connectivity index (χ0v) is 11.4. The van der Waals surface area contributed by atoms with E-state index in [9.17, 15) is 9.18 Å². The minimum atomic E-state index is -0.622. The van der Waals surface area contributed by atoms with Crippen molar-refractivity contribution in [2.75, 3.05) is 25.0 Å². The molecule has 0 saturated heterocycles. The fourth-order valence-corrected chi connectivity index (χ4v) is 1.68. The quantitative estimate of drug-likeness (QED) is 0.839. The Balaban J connectivity index is 2.74. The molecule has 5 nitrogen and oxygen atoms in total. The van der Waals surface area contributed by atoms with Gasteiger partial charge in [0.1, 0.15) is 11.9 Å². The monoisotopic (exact) mass is 279 g/mol. The number of nitrogens with one attached hydrogen (secondary N) is 1. The Kier molecular flexibility index (Phi) is 6.47. The summed E-state index contributed by atoms with van der Waals surface area (Å²) < 4.78 is 13.2. The molecule has 0 aromatic heterocycles. The van der Waals surface area contributed by atoms with Gasteiger partial charge in [0.05, 0.1) is 12.2 Å². The molecule has 20 heavy (non-hydrogen) atoms. The molecule has 6 heteroatoms. The summed E-state index contributed by atoms with van der Waals surface area (Å²) >= 11 is 0. The molecule has 0 spiro atoms. The zero-order valence-electron chi connectivity index (χ0n) is 11.4. The van der Waals surface area contributed by atoms with Crippen LogP contribution in [0.1, 0.15) is 25.3 Å². The maximum Gasteiger partial charge on any atom is 0.321 e. The molecular weight excluding hydrogens is 261 g/mol. The average Bonchev–Trinajstić information content (AvgIpc) is 2.45. The second-order valence-corrected chi connectivity index (χ2v) is 4.30. The number of anilines is 1. The summed E-state index contributed by atoms with van der Waals surface area (Å²) in [4.78, 5) is 13.5. The van der Waals surface area contributed by atoms with Gasteiger partial charge in [-0.1, -0.05) is 13.3 Å². The standard InChI is InChI=1S/C14H18FN3O2/c1-2-3-6-18(7-8-19)14(20)17-12-4-5-13(15)11(9-12)10-16/h4-5,9,19H,2-3,6-8H2,1H3,(H,17,20). The Hall–Kier alpha value is -2.13. The highest BCUT2D eigenvalue weighted by Gasteiger charge is 2.13. The summed E-state index contributed by atoms with van der Waals surface area (Å²) in [7, 11) is 0. The summed E-state index contributed by atoms with van der Waals surface area (Å²) in [6.45, 7) is 2.66. The molecule has 108 valence electrons. The van der Waals surface area contributed by atoms with Crippen LogP contribution in [0.15, 0.2) is 18.2 Å². The molecule has 2 amide bonds. The number of carbonyl (C=O) groups excluding carboxylic acids is 1. The summed E-state index contributed by atoms with van der Waals surface area (Å²) in [5, 5.41) is 20.3. The lowest BCUT2D eigenvalue weighted by Gasteiger charge is -2.22. The van der Waals surface area contributed by atoms with Gasteiger partial charge in [0, 0.05) is 18.8 Å². The third-order valence-corrected chi connectivity index (χ3v) is 2.78. The largest absolute Gasteiger partial charge is 0.395 e. The number of aliphatic hydroxyl groups is 1. The van der Waals surface area contributed by atoms with Crippen molar-refractivity contribution in [1.82, 2.24) is 4.90 Å². The molecule has 1 aromatic carbocycles. The van der Waals surface area contributed by atoms with Crippen molar-refractivity contribution < 1.29 is 14.3 Å². The molecule has 0 aliphatic carbocycles. The van der Waals surface area contributed by atoms with Crippen molar-refractivity contribution in [3.63, 3.8) is 0 Å². The second kappa shape index (κ2) is 8.12. The van der Waals surface area contributed by atoms with Crippen LogP contribution < -0.4 is 5.32 Å². The van der Waals surface area contributed by atoms with Crippen LogP contribution in [0.25, 0.3) is 0 Å². The van der Waals surface area contributed by atoms with Gasteiger partial charge in [-0.05, 0) is 24.6 Å². The SMILES string of the molecule is CCCCN(CCO)C(=O)Nc1ccc(F)c(C#N)c1. The number of nitrogens with zero attached hydrogens (tertiary/aromatic N) is 2. The smallest absolute Gasteiger partial charge is 0.321 e. The van der Waals surface area contributed by atoms with E-state index in [1.807, 2.05) is 6.92 Å². The molecule has 0 atom stereocenters. The zero-order chi connectivity index (χ0) is 15.0. The van der Waals surface area contributed by atoms with Crippen LogP contribution in [-0.4, -0.2) is 35.7 Å². The van der Waals surface area contributed by atoms with Crippen molar-refractivity contribution in [2.45, 2.75) is 19.8 Å². The van der Waals surface area contributed by atoms with E-state index in [0.29, 0.717) is 12.2 Å². The molecule has 0 fully saturated rings. The summed E-state index contributed by atoms with van der Waals surface area (Å²) in [5.74, 6) is -0.622. The molecule has 0 aliphatic rings. The first kappa shape index (κ1) is 15.9. The van der Waals surface area contributed by atoms with Crippen molar-refractivity contribution in [3.8, 4) is 6.07 Å². The van der Waals surface area contributed by atoms with Crippen LogP contribution >= 0.6 is 0 Å². The number of benzene rings is 1. The molecule has 0 saturated carbocycles. The highest BCUT2D eigenvalue weighted by atomic mass is 19.1. The predicted octanol–water partition coefficient (Wildman–Crippen LogP) is 2.32. The molecule has 0 heterocycles. The van der Waals surface area contributed by atoms with Gasteiger partial charge in [0.2, 0.25) is 0 Å². The number of urea groups is 1. The number of rotatable bonds is 6. The fourth-order valence-electron chi connectivity index (χ4n) is 1.68. The van der Waals surface area contributed by atoms with E-state index >= 15 is 0 Å². The van der Waals surface area contributed by atoms with Gasteiger partial charge >= 0.3 is 6.03 Å². The first-order chi connectivity index (χ1) is 9.62. The first-order valence-corrected chi connectivity index (χ1v) is 6.48. The van der Waals surface area contributed by atoms with E-state index in [1.165, 1.54) is 17.0 Å². The van der Waals surface area contributed by atoms with Crippen molar-refractivity contribution >= 4 is 11.7 Å². The lowest BCUT2D eigenvalue weighted by atomic mass is 10.2. The number of halogens is 1. The average molecular weight is 279 g/mol. The molecule has 0 unspecified atom stereocenters. The highest BCUT2D eigenvalue weighted by Crippen LogP contribution is 2.14. The van der Waals surface area contributed by atoms with Crippen LogP contribution in [-0.2, 0) is 0 Å². The van der Waals surface area contributed by atoms with Gasteiger partial charge in [-0.2, -0.15) is 5.26 Å². The van der Waals surface area contributed by atoms with E-state index in [1.54, 1.807) is 6.07 Å². The molecular formula is C14H18FN3O2. The molecule has 0 radical (unpaired) electrons. The number of aliphatic hydroxyl groups excluding tert-OH is 1. The normalized spacial score (nSPS) is 9.90. The Morgan fingerprint density at radius 1 is 1.50 bits per heavy atom. The van der Waals surface area contributed by atoms with Gasteiger partial charge in [-0.15, -0.1) is 0 Å². The van der Waals surface area contributed by atoms with Gasteiger partial charge in [0.25, 0.3) is 0 Å². The molecule has 1 rings (SSSR count). The van der Waals surface area contributed by atoms with Crippen LogP contribution in [0.5, 0.6) is 0 Å². The van der Waals surface area contributed by atoms with Crippen molar-refractivity contribution in [3.05, 3.63) is 29.6 Å². The lowest BCUT2D eigenvalue weighted by Crippen LogP contribution is -2.37. The maximum atomic E-state index is 13.2. The first-order valence-electron chi connectivity index (χ1n) is 6.48. The van der Waals surface area contributed by atoms with Gasteiger partial charge in [-0.3, -0.25) is 0 Å². The summed E-state index contributed by atoms with van der Waals surface area (Å²) in [6.07, 6.45) is 1.77. The number of unbranched alkanes of at least 4 members (excludes halogenated alkanes) is 1. The third kappa shape index (κ3) is 4.52. The maximum absolute atomic E-state index is 13.2. The topological polar surface area (TPSA) is 76.4 Å². The van der Waals surface area contributed by atoms with E-state index in [0.717, 1.165) is 18.9 Å². The van der Waals surface area contributed by atoms with E-state index < -0.39 is 5.82 Å². The van der Waals surface area contributed by atoms with Crippen LogP contribution in [0.4, 0.5) is 14.9 Å². The number of hydrogen-bond donors (Lipinski definition) is 2. The molecule has 2 N–H and O–H groups in total. The Morgan fingerprint density at radius 3 is 2.85 bits per heavy atom. The summed E-state index contributed by atoms with van der Waals surface area (Å²) in [5.41, 5.74) is 0.234. The minimum absolute atomic E-state index is 0.120. The van der Waals surface area contributed by atoms with Crippen LogP contribution in [0.2, 0.25) is 0 Å². The molecule has 1 aromatic rings. The fraction of sp³-hybridized carbons (Fsp3) is 0.429. The highest BCUT2D eigenvalue weighted by molar-refractivity contribution is 5.89. The number of hydrogen-bond acceptors (Lipinski definition) is 3. The van der Waals surface area contributed by atoms with Gasteiger partial charge < -0.3 is 15.3 Å². The Bertz CT molecular complexity index is 500. The second-order valence-electron chi connectivity index (χ2n) is 4.30. The van der Waals surface area contributed by atoms with Crippen LogP contribution in [0, 0.1) is 17.1 Å². The van der Waals surface area contributed by atoms with Gasteiger partial charge in [-0.25, -0.2) is 9.18 Å². The minimum Gasteiger partial charge on any atom is -0.395 e. The van der Waals surface area contributed by atoms with Crippen molar-refractivity contribution in [2.24, 2.45) is 0 Å². The lowest BCUT2D eigenvalue weighted by molar-refractivity contribution is 0.187. The molecule has 0 bridgehead atoms. The van der Waals surface area contributed by atoms with Crippen LogP contribution in [0.3, 0.4) is 0 Å². The third-order valence-electron chi connectivity index (χ3n) is 2.78. The number of nitriles is 1. The Labute approximate surface area is 117 Å². The Morgan fingerprint density at radius 2 is 2.25 bits per heavy atom. The van der Waals surface area contributed by atoms with Crippen molar-refractivity contribution in [1.29, 1.82) is 5.26 Å². The number of amides is 2. The summed E-state index contributed by atoms with van der Waals surface area (Å²) in [6, 6.07) is 5.16. The van der Waals surface area contributed by atoms with Gasteiger partial charge in [0.15, 0.2) is 0 Å². The van der Waals surface area contributed by atoms with E-state index in [4.69, 9.17) is 10.4 Å². The molecule has 0 aliphatic heterocycles.